The Balaban J connectivity index is -0.000000264. The van der Waals surface area contributed by atoms with E-state index in [0.717, 1.165) is 65.1 Å². The predicted molar refractivity (Wildman–Crippen MR) is 224 cm³/mol. The summed E-state index contributed by atoms with van der Waals surface area (Å²) in [6.45, 7) is 61.6. The first kappa shape index (κ1) is 53.7. The second-order valence-corrected chi connectivity index (χ2v) is 21.1. The molecular formula is C46H101N. The molecular weight excluding hydrogens is 567 g/mol. The molecule has 0 rings (SSSR count). The van der Waals surface area contributed by atoms with E-state index in [1.165, 1.54) is 32.2 Å². The van der Waals surface area contributed by atoms with Crippen LogP contribution in [0.15, 0.2) is 0 Å². The zero-order chi connectivity index (χ0) is 38.6. The van der Waals surface area contributed by atoms with E-state index in [-0.39, 0.29) is 0 Å². The Morgan fingerprint density at radius 3 is 0.830 bits per heavy atom. The van der Waals surface area contributed by atoms with E-state index in [4.69, 9.17) is 0 Å². The van der Waals surface area contributed by atoms with Crippen LogP contribution in [-0.4, -0.2) is 23.5 Å². The summed E-state index contributed by atoms with van der Waals surface area (Å²) in [6, 6.07) is 1.34. The SMILES string of the molecule is CC(C)C(C(C)C)C(C)C.CC(C)C(CCC(C)(C)C)C(C)C.CC(C)CC(C(C)C)C(C)C.CC(C)N(CCC(C)(C)C)C(C)C. The van der Waals surface area contributed by atoms with Gasteiger partial charge < -0.3 is 0 Å². The van der Waals surface area contributed by atoms with Crippen molar-refractivity contribution in [2.45, 2.75) is 218 Å². The molecule has 0 unspecified atom stereocenters. The van der Waals surface area contributed by atoms with Crippen molar-refractivity contribution in [3.8, 4) is 0 Å². The van der Waals surface area contributed by atoms with Crippen LogP contribution in [0.5, 0.6) is 0 Å². The van der Waals surface area contributed by atoms with Gasteiger partial charge in [-0.1, -0.05) is 152 Å². The van der Waals surface area contributed by atoms with Crippen molar-refractivity contribution in [1.82, 2.24) is 4.90 Å². The number of nitrogens with zero attached hydrogens (tertiary/aromatic N) is 1. The second kappa shape index (κ2) is 26.7. The maximum absolute atomic E-state index is 2.56. The molecule has 0 radical (unpaired) electrons. The molecule has 290 valence electrons. The van der Waals surface area contributed by atoms with Gasteiger partial charge in [-0.3, -0.25) is 4.90 Å². The van der Waals surface area contributed by atoms with E-state index in [1.807, 2.05) is 0 Å². The van der Waals surface area contributed by atoms with Crippen LogP contribution in [0.4, 0.5) is 0 Å². The molecule has 1 nitrogen and oxygen atoms in total. The predicted octanol–water partition coefficient (Wildman–Crippen LogP) is 15.8. The summed E-state index contributed by atoms with van der Waals surface area (Å²) in [4.78, 5) is 2.56. The highest BCUT2D eigenvalue weighted by Crippen LogP contribution is 2.31. The van der Waals surface area contributed by atoms with Crippen LogP contribution in [0, 0.1) is 75.9 Å². The Morgan fingerprint density at radius 2 is 0.681 bits per heavy atom. The van der Waals surface area contributed by atoms with Crippen molar-refractivity contribution in [2.75, 3.05) is 6.54 Å². The highest BCUT2D eigenvalue weighted by atomic mass is 15.2. The Labute approximate surface area is 304 Å². The minimum Gasteiger partial charge on any atom is -0.299 e. The maximum atomic E-state index is 2.56. The van der Waals surface area contributed by atoms with E-state index in [1.54, 1.807) is 0 Å². The van der Waals surface area contributed by atoms with Gasteiger partial charge >= 0.3 is 0 Å². The summed E-state index contributed by atoms with van der Waals surface area (Å²) < 4.78 is 0. The van der Waals surface area contributed by atoms with Crippen LogP contribution in [0.2, 0.25) is 0 Å². The monoisotopic (exact) mass is 668 g/mol. The average molecular weight is 668 g/mol. The fourth-order valence-electron chi connectivity index (χ4n) is 7.78. The molecule has 0 aliphatic carbocycles. The molecule has 0 heterocycles. The molecule has 0 aromatic rings. The summed E-state index contributed by atoms with van der Waals surface area (Å²) in [7, 11) is 0. The van der Waals surface area contributed by atoms with Crippen molar-refractivity contribution in [3.05, 3.63) is 0 Å². The van der Waals surface area contributed by atoms with Gasteiger partial charge in [0.05, 0.1) is 0 Å². The van der Waals surface area contributed by atoms with Gasteiger partial charge in [0.25, 0.3) is 0 Å². The van der Waals surface area contributed by atoms with E-state index < -0.39 is 0 Å². The third-order valence-corrected chi connectivity index (χ3v) is 10.2. The van der Waals surface area contributed by atoms with E-state index in [0.29, 0.717) is 22.9 Å². The van der Waals surface area contributed by atoms with Crippen LogP contribution in [0.1, 0.15) is 206 Å². The Kier molecular flexibility index (Phi) is 30.6. The molecule has 0 N–H and O–H groups in total. The first-order valence-electron chi connectivity index (χ1n) is 20.6. The largest absolute Gasteiger partial charge is 0.299 e. The molecule has 0 aliphatic rings. The molecule has 0 spiro atoms. The topological polar surface area (TPSA) is 3.24 Å². The smallest absolute Gasteiger partial charge is 0.00412 e. The number of hydrogen-bond donors (Lipinski definition) is 0. The van der Waals surface area contributed by atoms with Gasteiger partial charge in [0, 0.05) is 12.1 Å². The number of rotatable bonds is 15. The number of hydrogen-bond acceptors (Lipinski definition) is 1. The van der Waals surface area contributed by atoms with E-state index >= 15 is 0 Å². The Morgan fingerprint density at radius 1 is 0.383 bits per heavy atom. The molecule has 0 atom stereocenters. The normalized spacial score (nSPS) is 13.0. The molecule has 0 aromatic carbocycles. The minimum atomic E-state index is 0.460. The quantitative estimate of drug-likeness (QED) is 0.168. The first-order chi connectivity index (χ1) is 20.9. The average Bonchev–Trinajstić information content (AvgIpc) is 2.80. The molecule has 0 fully saturated rings. The van der Waals surface area contributed by atoms with Gasteiger partial charge in [0.1, 0.15) is 0 Å². The standard InChI is InChI=1S/C13H28.C12H27N.C11H24.C10H22/c1-10(2)12(11(3)4)8-9-13(5,6)7;1-10(2)13(11(3)4)9-8-12(5,6)7;1-8(2)7-11(9(3)4)10(5)6;1-7(2)10(8(3)4)9(5)6/h10-12H,8-9H2,1-7H3;10-11H,8-9H2,1-7H3;8-11H,7H2,1-6H3;7-10H,1-6H3. The summed E-state index contributed by atoms with van der Waals surface area (Å²) in [5, 5.41) is 0. The minimum absolute atomic E-state index is 0.460. The lowest BCUT2D eigenvalue weighted by Gasteiger charge is -2.33. The van der Waals surface area contributed by atoms with Crippen LogP contribution >= 0.6 is 0 Å². The lowest BCUT2D eigenvalue weighted by molar-refractivity contribution is 0.151. The highest BCUT2D eigenvalue weighted by Gasteiger charge is 2.22. The van der Waals surface area contributed by atoms with Crippen molar-refractivity contribution in [2.24, 2.45) is 75.9 Å². The summed E-state index contributed by atoms with van der Waals surface area (Å²) in [5.74, 6) is 9.42. The molecule has 0 saturated carbocycles. The fraction of sp³-hybridized carbons (Fsp3) is 1.00. The maximum Gasteiger partial charge on any atom is 0.00412 e. The van der Waals surface area contributed by atoms with Gasteiger partial charge in [0.2, 0.25) is 0 Å². The van der Waals surface area contributed by atoms with Crippen LogP contribution < -0.4 is 0 Å². The third-order valence-electron chi connectivity index (χ3n) is 10.2. The Hall–Kier alpha value is -0.0400. The summed E-state index contributed by atoms with van der Waals surface area (Å²) >= 11 is 0. The Bertz CT molecular complexity index is 585. The molecule has 0 bridgehead atoms. The molecule has 1 heteroatoms. The van der Waals surface area contributed by atoms with Gasteiger partial charge in [-0.25, -0.2) is 0 Å². The van der Waals surface area contributed by atoms with Crippen molar-refractivity contribution in [1.29, 1.82) is 0 Å². The zero-order valence-corrected chi connectivity index (χ0v) is 38.5. The zero-order valence-electron chi connectivity index (χ0n) is 38.5. The fourth-order valence-corrected chi connectivity index (χ4v) is 7.78. The highest BCUT2D eigenvalue weighted by molar-refractivity contribution is 4.73. The van der Waals surface area contributed by atoms with Crippen LogP contribution in [0.25, 0.3) is 0 Å². The van der Waals surface area contributed by atoms with Crippen LogP contribution in [0.3, 0.4) is 0 Å². The van der Waals surface area contributed by atoms with Crippen LogP contribution in [-0.2, 0) is 0 Å². The van der Waals surface area contributed by atoms with Crippen molar-refractivity contribution in [3.63, 3.8) is 0 Å². The van der Waals surface area contributed by atoms with Gasteiger partial charge in [-0.2, -0.15) is 0 Å². The van der Waals surface area contributed by atoms with E-state index in [2.05, 4.69) is 185 Å². The molecule has 0 aromatic heterocycles. The molecule has 0 amide bonds. The summed E-state index contributed by atoms with van der Waals surface area (Å²) in [5.41, 5.74) is 0.962. The van der Waals surface area contributed by atoms with Gasteiger partial charge in [-0.15, -0.1) is 0 Å². The molecule has 47 heavy (non-hydrogen) atoms. The van der Waals surface area contributed by atoms with Crippen molar-refractivity contribution < 1.29 is 0 Å². The third kappa shape index (κ3) is 32.9. The molecule has 0 saturated heterocycles. The lowest BCUT2D eigenvalue weighted by Crippen LogP contribution is -2.38. The van der Waals surface area contributed by atoms with Crippen molar-refractivity contribution >= 4 is 0 Å². The summed E-state index contributed by atoms with van der Waals surface area (Å²) in [6.07, 6.45) is 5.41. The molecule has 0 aliphatic heterocycles. The van der Waals surface area contributed by atoms with Gasteiger partial charge in [0.15, 0.2) is 0 Å². The van der Waals surface area contributed by atoms with Gasteiger partial charge in [-0.05, 0) is 136 Å². The van der Waals surface area contributed by atoms with E-state index in [9.17, 15) is 0 Å². The first-order valence-corrected chi connectivity index (χ1v) is 20.6. The second-order valence-electron chi connectivity index (χ2n) is 21.1. The lowest BCUT2D eigenvalue weighted by atomic mass is 9.78.